The fraction of sp³-hybridized carbons (Fsp3) is 0.400. The Morgan fingerprint density at radius 3 is 2.95 bits per heavy atom. The molecule has 0 N–H and O–H groups in total. The third-order valence-corrected chi connectivity index (χ3v) is 4.82. The smallest absolute Gasteiger partial charge is 0.176 e. The van der Waals surface area contributed by atoms with Crippen LogP contribution in [0.15, 0.2) is 18.2 Å². The number of hydrogen-bond acceptors (Lipinski definition) is 4. The van der Waals surface area contributed by atoms with E-state index in [4.69, 9.17) is 11.6 Å². The quantitative estimate of drug-likeness (QED) is 0.778. The van der Waals surface area contributed by atoms with Gasteiger partial charge in [0, 0.05) is 17.4 Å². The van der Waals surface area contributed by atoms with Gasteiger partial charge in [-0.05, 0) is 54.9 Å². The highest BCUT2D eigenvalue weighted by atomic mass is 35.5. The van der Waals surface area contributed by atoms with Crippen molar-refractivity contribution < 1.29 is 4.79 Å². The summed E-state index contributed by atoms with van der Waals surface area (Å²) in [5.74, 6) is 0.607. The number of Topliss-reactive ketones (excluding diaryl/α,β-unsaturated/α-hetero) is 1. The maximum Gasteiger partial charge on any atom is 0.176 e. The number of aryl methyl sites for hydroxylation is 1. The summed E-state index contributed by atoms with van der Waals surface area (Å²) >= 11 is 7.42. The summed E-state index contributed by atoms with van der Waals surface area (Å²) in [5, 5.41) is 4.85. The monoisotopic (exact) mass is 306 g/mol. The molecule has 0 amide bonds. The van der Waals surface area contributed by atoms with Crippen LogP contribution in [0.1, 0.15) is 51.7 Å². The second-order valence-electron chi connectivity index (χ2n) is 5.22. The molecule has 0 unspecified atom stereocenters. The maximum absolute atomic E-state index is 12.3. The number of aromatic nitrogens is 2. The van der Waals surface area contributed by atoms with E-state index in [2.05, 4.69) is 9.59 Å². The minimum Gasteiger partial charge on any atom is -0.293 e. The van der Waals surface area contributed by atoms with Crippen LogP contribution in [0.5, 0.6) is 0 Å². The Kier molecular flexibility index (Phi) is 3.85. The van der Waals surface area contributed by atoms with Crippen molar-refractivity contribution in [2.45, 2.75) is 38.5 Å². The molecular weight excluding hydrogens is 292 g/mol. The number of rotatable bonds is 5. The Hall–Kier alpha value is -1.26. The maximum atomic E-state index is 12.3. The van der Waals surface area contributed by atoms with E-state index in [1.54, 1.807) is 0 Å². The molecular formula is C15H15ClN2OS. The number of carbonyl (C=O) groups is 1. The van der Waals surface area contributed by atoms with Crippen molar-refractivity contribution in [3.8, 4) is 0 Å². The van der Waals surface area contributed by atoms with Crippen LogP contribution in [0.2, 0.25) is 5.02 Å². The molecule has 1 saturated carbocycles. The molecule has 3 nitrogen and oxygen atoms in total. The van der Waals surface area contributed by atoms with Crippen LogP contribution in [0, 0.1) is 6.92 Å². The molecule has 20 heavy (non-hydrogen) atoms. The number of hydrogen-bond donors (Lipinski definition) is 0. The molecule has 0 aliphatic heterocycles. The van der Waals surface area contributed by atoms with E-state index in [-0.39, 0.29) is 5.78 Å². The number of ketones is 1. The van der Waals surface area contributed by atoms with Crippen molar-refractivity contribution in [2.24, 2.45) is 0 Å². The lowest BCUT2D eigenvalue weighted by atomic mass is 10.0. The van der Waals surface area contributed by atoms with Crippen LogP contribution >= 0.6 is 23.1 Å². The predicted octanol–water partition coefficient (Wildman–Crippen LogP) is 4.19. The topological polar surface area (TPSA) is 42.9 Å². The van der Waals surface area contributed by atoms with E-state index in [9.17, 15) is 4.79 Å². The Balaban J connectivity index is 1.72. The second-order valence-corrected chi connectivity index (χ2v) is 6.38. The fourth-order valence-corrected chi connectivity index (χ4v) is 3.38. The molecule has 0 atom stereocenters. The van der Waals surface area contributed by atoms with Crippen molar-refractivity contribution in [1.29, 1.82) is 0 Å². The lowest BCUT2D eigenvalue weighted by Crippen LogP contribution is -2.03. The van der Waals surface area contributed by atoms with Gasteiger partial charge in [0.05, 0.1) is 5.69 Å². The number of benzene rings is 1. The van der Waals surface area contributed by atoms with Gasteiger partial charge in [0.1, 0.15) is 4.88 Å². The number of carbonyl (C=O) groups excluding carboxylic acids is 1. The molecule has 0 radical (unpaired) electrons. The van der Waals surface area contributed by atoms with Crippen molar-refractivity contribution in [1.82, 2.24) is 9.59 Å². The van der Waals surface area contributed by atoms with Gasteiger partial charge < -0.3 is 0 Å². The SMILES string of the molecule is Cc1cccc(Cl)c1CCC(=O)c1snnc1C1CC1. The molecule has 2 aromatic rings. The van der Waals surface area contributed by atoms with Gasteiger partial charge in [0.25, 0.3) is 0 Å². The Morgan fingerprint density at radius 2 is 2.25 bits per heavy atom. The van der Waals surface area contributed by atoms with Crippen molar-refractivity contribution >= 4 is 28.9 Å². The first-order valence-corrected chi connectivity index (χ1v) is 7.91. The standard InChI is InChI=1S/C15H15ClN2OS/c1-9-3-2-4-12(16)11(9)7-8-13(19)15-14(10-5-6-10)17-18-20-15/h2-4,10H,5-8H2,1H3. The van der Waals surface area contributed by atoms with Gasteiger partial charge in [-0.1, -0.05) is 28.2 Å². The highest BCUT2D eigenvalue weighted by Gasteiger charge is 2.31. The predicted molar refractivity (Wildman–Crippen MR) is 80.7 cm³/mol. The third-order valence-electron chi connectivity index (χ3n) is 3.69. The highest BCUT2D eigenvalue weighted by molar-refractivity contribution is 7.08. The molecule has 104 valence electrons. The molecule has 1 aliphatic rings. The summed E-state index contributed by atoms with van der Waals surface area (Å²) in [4.78, 5) is 13.1. The molecule has 1 aromatic carbocycles. The van der Waals surface area contributed by atoms with Gasteiger partial charge in [-0.15, -0.1) is 5.10 Å². The zero-order valence-corrected chi connectivity index (χ0v) is 12.8. The van der Waals surface area contributed by atoms with Gasteiger partial charge in [-0.25, -0.2) is 0 Å². The van der Waals surface area contributed by atoms with Crippen LogP contribution in [0.4, 0.5) is 0 Å². The molecule has 1 aliphatic carbocycles. The van der Waals surface area contributed by atoms with Gasteiger partial charge in [0.15, 0.2) is 5.78 Å². The summed E-state index contributed by atoms with van der Waals surface area (Å²) < 4.78 is 3.94. The molecule has 0 spiro atoms. The highest BCUT2D eigenvalue weighted by Crippen LogP contribution is 2.41. The van der Waals surface area contributed by atoms with Crippen LogP contribution in [0.3, 0.4) is 0 Å². The van der Waals surface area contributed by atoms with Crippen LogP contribution in [0.25, 0.3) is 0 Å². The number of nitrogens with zero attached hydrogens (tertiary/aromatic N) is 2. The summed E-state index contributed by atoms with van der Waals surface area (Å²) in [6.07, 6.45) is 3.41. The van der Waals surface area contributed by atoms with Crippen LogP contribution in [-0.2, 0) is 6.42 Å². The largest absolute Gasteiger partial charge is 0.293 e. The van der Waals surface area contributed by atoms with Gasteiger partial charge in [-0.3, -0.25) is 4.79 Å². The normalized spacial score (nSPS) is 14.5. The van der Waals surface area contributed by atoms with Crippen molar-refractivity contribution in [3.63, 3.8) is 0 Å². The Morgan fingerprint density at radius 1 is 1.45 bits per heavy atom. The molecule has 3 rings (SSSR count). The lowest BCUT2D eigenvalue weighted by Gasteiger charge is -2.07. The Labute approximate surface area is 127 Å². The second kappa shape index (κ2) is 5.62. The van der Waals surface area contributed by atoms with Gasteiger partial charge >= 0.3 is 0 Å². The number of halogens is 1. The van der Waals surface area contributed by atoms with E-state index in [1.807, 2.05) is 25.1 Å². The van der Waals surface area contributed by atoms with E-state index < -0.39 is 0 Å². The van der Waals surface area contributed by atoms with Crippen LogP contribution in [-0.4, -0.2) is 15.4 Å². The van der Waals surface area contributed by atoms with E-state index in [0.717, 1.165) is 39.6 Å². The third kappa shape index (κ3) is 2.76. The summed E-state index contributed by atoms with van der Waals surface area (Å²) in [6, 6.07) is 5.83. The first kappa shape index (κ1) is 13.7. The van der Waals surface area contributed by atoms with E-state index in [0.29, 0.717) is 18.8 Å². The van der Waals surface area contributed by atoms with Gasteiger partial charge in [0.2, 0.25) is 0 Å². The molecule has 0 saturated heterocycles. The first-order chi connectivity index (χ1) is 9.66. The molecule has 1 aromatic heterocycles. The van der Waals surface area contributed by atoms with E-state index >= 15 is 0 Å². The average molecular weight is 307 g/mol. The molecule has 1 heterocycles. The Bertz CT molecular complexity index is 629. The minimum absolute atomic E-state index is 0.140. The zero-order valence-electron chi connectivity index (χ0n) is 11.2. The van der Waals surface area contributed by atoms with Crippen LogP contribution < -0.4 is 0 Å². The lowest BCUT2D eigenvalue weighted by molar-refractivity contribution is 0.0985. The van der Waals surface area contributed by atoms with E-state index in [1.165, 1.54) is 11.5 Å². The molecule has 5 heteroatoms. The summed E-state index contributed by atoms with van der Waals surface area (Å²) in [5.41, 5.74) is 3.11. The average Bonchev–Trinajstić information content (AvgIpc) is 3.15. The summed E-state index contributed by atoms with van der Waals surface area (Å²) in [7, 11) is 0. The molecule has 1 fully saturated rings. The van der Waals surface area contributed by atoms with Gasteiger partial charge in [-0.2, -0.15) is 0 Å². The fourth-order valence-electron chi connectivity index (χ4n) is 2.35. The summed E-state index contributed by atoms with van der Waals surface area (Å²) in [6.45, 7) is 2.02. The first-order valence-electron chi connectivity index (χ1n) is 6.76. The van der Waals surface area contributed by atoms with Crippen molar-refractivity contribution in [3.05, 3.63) is 44.9 Å². The van der Waals surface area contributed by atoms with Crippen molar-refractivity contribution in [2.75, 3.05) is 0 Å². The molecule has 0 bridgehead atoms. The zero-order chi connectivity index (χ0) is 14.1. The minimum atomic E-state index is 0.140.